The lowest BCUT2D eigenvalue weighted by Crippen LogP contribution is -2.38. The second kappa shape index (κ2) is 9.61. The second-order valence-electron chi connectivity index (χ2n) is 6.64. The van der Waals surface area contributed by atoms with Crippen LogP contribution in [0.1, 0.15) is 42.4 Å². The third kappa shape index (κ3) is 5.05. The summed E-state index contributed by atoms with van der Waals surface area (Å²) < 4.78 is 0. The van der Waals surface area contributed by atoms with E-state index in [4.69, 9.17) is 22.8 Å². The van der Waals surface area contributed by atoms with E-state index < -0.39 is 17.3 Å². The number of carbonyl (C=O) groups is 3. The highest BCUT2D eigenvalue weighted by Crippen LogP contribution is 2.39. The summed E-state index contributed by atoms with van der Waals surface area (Å²) in [5, 5.41) is 7.57. The van der Waals surface area contributed by atoms with Crippen LogP contribution in [0.3, 0.4) is 0 Å². The lowest BCUT2D eigenvalue weighted by Gasteiger charge is -2.34. The molecule has 29 heavy (non-hydrogen) atoms. The van der Waals surface area contributed by atoms with Gasteiger partial charge in [0.05, 0.1) is 5.41 Å². The molecule has 152 valence electrons. The average molecular weight is 396 g/mol. The lowest BCUT2D eigenvalue weighted by atomic mass is 9.67. The topological polar surface area (TPSA) is 162 Å². The third-order valence-corrected chi connectivity index (χ3v) is 4.87. The number of Topliss-reactive ketones (excluding diaryl/α,β-unsaturated/α-hetero) is 1. The zero-order valence-corrected chi connectivity index (χ0v) is 15.9. The summed E-state index contributed by atoms with van der Waals surface area (Å²) in [5.74, 6) is 3.36. The Balaban J connectivity index is 2.63. The molecule has 0 aromatic heterocycles. The van der Waals surface area contributed by atoms with Crippen molar-refractivity contribution in [1.82, 2.24) is 0 Å². The molecule has 0 saturated heterocycles. The highest BCUT2D eigenvalue weighted by Gasteiger charge is 2.41. The van der Waals surface area contributed by atoms with Crippen LogP contribution in [0.2, 0.25) is 0 Å². The van der Waals surface area contributed by atoms with Gasteiger partial charge in [-0.15, -0.1) is 0 Å². The second-order valence-corrected chi connectivity index (χ2v) is 6.64. The Bertz CT molecular complexity index is 897. The number of benzene rings is 2. The third-order valence-electron chi connectivity index (χ3n) is 4.87. The smallest absolute Gasteiger partial charge is 0.324 e. The molecule has 0 fully saturated rings. The molecule has 0 aliphatic rings. The molecule has 1 atom stereocenters. The van der Waals surface area contributed by atoms with Crippen LogP contribution in [-0.4, -0.2) is 23.5 Å². The predicted molar refractivity (Wildman–Crippen MR) is 108 cm³/mol. The van der Waals surface area contributed by atoms with Crippen molar-refractivity contribution in [3.8, 4) is 0 Å². The van der Waals surface area contributed by atoms with Crippen LogP contribution in [0.4, 0.5) is 0 Å². The first-order chi connectivity index (χ1) is 13.8. The van der Waals surface area contributed by atoms with Crippen LogP contribution in [0.5, 0.6) is 0 Å². The Kier molecular flexibility index (Phi) is 7.21. The quantitative estimate of drug-likeness (QED) is 0.269. The van der Waals surface area contributed by atoms with Gasteiger partial charge in [-0.1, -0.05) is 54.6 Å². The first-order valence-corrected chi connectivity index (χ1v) is 9.03. The number of carbonyl (C=O) groups excluding carboxylic acids is 3. The van der Waals surface area contributed by atoms with Gasteiger partial charge >= 0.3 is 5.97 Å². The van der Waals surface area contributed by atoms with Gasteiger partial charge in [0, 0.05) is 24.8 Å². The Hall–Kier alpha value is -3.52. The molecule has 7 N–H and O–H groups in total. The molecule has 0 heterocycles. The maximum atomic E-state index is 13.4. The number of ketones is 1. The van der Waals surface area contributed by atoms with E-state index in [1.807, 2.05) is 6.07 Å². The molecular weight excluding hydrogens is 372 g/mol. The van der Waals surface area contributed by atoms with Crippen LogP contribution >= 0.6 is 0 Å². The molecule has 0 spiro atoms. The van der Waals surface area contributed by atoms with Crippen LogP contribution < -0.4 is 17.4 Å². The summed E-state index contributed by atoms with van der Waals surface area (Å²) in [6.45, 7) is 0. The van der Waals surface area contributed by atoms with Gasteiger partial charge in [-0.3, -0.25) is 19.8 Å². The summed E-state index contributed by atoms with van der Waals surface area (Å²) in [5.41, 5.74) is 11.3. The van der Waals surface area contributed by atoms with Gasteiger partial charge in [0.15, 0.2) is 0 Å². The monoisotopic (exact) mass is 396 g/mol. The number of nitrogens with two attached hydrogens (primary N) is 3. The van der Waals surface area contributed by atoms with Crippen LogP contribution in [0, 0.1) is 5.41 Å². The number of nitrogen functional groups attached to an aromatic ring is 1. The van der Waals surface area contributed by atoms with Crippen LogP contribution in [-0.2, 0) is 24.6 Å². The minimum Gasteiger partial charge on any atom is -0.384 e. The SMILES string of the molecule is N=C(N)c1ccc(C(CCC(=O)ON)(C(=O)CCC(N)=O)c2ccccc2)cc1. The Morgan fingerprint density at radius 3 is 1.97 bits per heavy atom. The van der Waals surface area contributed by atoms with Crippen molar-refractivity contribution in [1.29, 1.82) is 5.41 Å². The zero-order chi connectivity index (χ0) is 21.4. The average Bonchev–Trinajstić information content (AvgIpc) is 2.73. The van der Waals surface area contributed by atoms with E-state index in [9.17, 15) is 14.4 Å². The van der Waals surface area contributed by atoms with Gasteiger partial charge < -0.3 is 16.3 Å². The maximum absolute atomic E-state index is 13.4. The summed E-state index contributed by atoms with van der Waals surface area (Å²) in [7, 11) is 0. The van der Waals surface area contributed by atoms with Crippen molar-refractivity contribution in [2.45, 2.75) is 31.1 Å². The first-order valence-electron chi connectivity index (χ1n) is 9.03. The minimum atomic E-state index is -1.22. The molecule has 0 radical (unpaired) electrons. The van der Waals surface area contributed by atoms with E-state index in [0.717, 1.165) is 0 Å². The normalized spacial score (nSPS) is 12.6. The molecule has 1 amide bonds. The van der Waals surface area contributed by atoms with Crippen molar-refractivity contribution >= 4 is 23.5 Å². The summed E-state index contributed by atoms with van der Waals surface area (Å²) in [4.78, 5) is 40.8. The summed E-state index contributed by atoms with van der Waals surface area (Å²) in [6.07, 6.45) is -0.219. The van der Waals surface area contributed by atoms with Gasteiger partial charge in [0.2, 0.25) is 5.91 Å². The van der Waals surface area contributed by atoms with Crippen LogP contribution in [0.25, 0.3) is 0 Å². The fourth-order valence-electron chi connectivity index (χ4n) is 3.37. The number of rotatable bonds is 10. The van der Waals surface area contributed by atoms with Gasteiger partial charge in [-0.2, -0.15) is 5.90 Å². The molecule has 2 aromatic carbocycles. The minimum absolute atomic E-state index is 0.0869. The van der Waals surface area contributed by atoms with Gasteiger partial charge in [0.1, 0.15) is 11.6 Å². The summed E-state index contributed by atoms with van der Waals surface area (Å²) in [6, 6.07) is 15.6. The Morgan fingerprint density at radius 2 is 1.45 bits per heavy atom. The molecule has 0 bridgehead atoms. The zero-order valence-electron chi connectivity index (χ0n) is 15.9. The Labute approximate surface area is 168 Å². The standard InChI is InChI=1S/C21H24N4O4/c22-18(27)11-10-17(26)21(13-12-19(28)29-25,15-4-2-1-3-5-15)16-8-6-14(7-9-16)20(23)24/h1-9H,10-13,25H2,(H2,22,27)(H3,23,24). The lowest BCUT2D eigenvalue weighted by molar-refractivity contribution is -0.144. The molecule has 2 rings (SSSR count). The van der Waals surface area contributed by atoms with Crippen LogP contribution in [0.15, 0.2) is 54.6 Å². The van der Waals surface area contributed by atoms with E-state index in [0.29, 0.717) is 16.7 Å². The summed E-state index contributed by atoms with van der Waals surface area (Å²) >= 11 is 0. The predicted octanol–water partition coefficient (Wildman–Crippen LogP) is 1.29. The van der Waals surface area contributed by atoms with Crippen molar-refractivity contribution in [2.24, 2.45) is 17.4 Å². The molecule has 0 aliphatic carbocycles. The fourth-order valence-corrected chi connectivity index (χ4v) is 3.37. The van der Waals surface area contributed by atoms with Crippen molar-refractivity contribution < 1.29 is 19.2 Å². The molecule has 0 saturated carbocycles. The van der Waals surface area contributed by atoms with Crippen molar-refractivity contribution in [3.05, 3.63) is 71.3 Å². The number of nitrogens with one attached hydrogen (secondary N) is 1. The fraction of sp³-hybridized carbons (Fsp3) is 0.238. The molecule has 8 nitrogen and oxygen atoms in total. The van der Waals surface area contributed by atoms with Gasteiger partial charge in [-0.25, -0.2) is 0 Å². The van der Waals surface area contributed by atoms with Gasteiger partial charge in [-0.05, 0) is 17.5 Å². The maximum Gasteiger partial charge on any atom is 0.324 e. The number of amidine groups is 1. The van der Waals surface area contributed by atoms with Crippen molar-refractivity contribution in [3.63, 3.8) is 0 Å². The largest absolute Gasteiger partial charge is 0.384 e. The number of hydrogen-bond donors (Lipinski definition) is 4. The van der Waals surface area contributed by atoms with E-state index >= 15 is 0 Å². The Morgan fingerprint density at radius 1 is 0.862 bits per heavy atom. The van der Waals surface area contributed by atoms with E-state index in [2.05, 4.69) is 4.84 Å². The molecule has 2 aromatic rings. The van der Waals surface area contributed by atoms with Crippen molar-refractivity contribution in [2.75, 3.05) is 0 Å². The first kappa shape index (κ1) is 21.8. The van der Waals surface area contributed by atoms with E-state index in [1.165, 1.54) is 0 Å². The van der Waals surface area contributed by atoms with Gasteiger partial charge in [0.25, 0.3) is 0 Å². The number of amides is 1. The van der Waals surface area contributed by atoms with E-state index in [-0.39, 0.29) is 37.3 Å². The highest BCUT2D eigenvalue weighted by molar-refractivity contribution is 5.97. The molecule has 0 aliphatic heterocycles. The molecular formula is C21H24N4O4. The molecule has 8 heteroatoms. The van der Waals surface area contributed by atoms with E-state index in [1.54, 1.807) is 48.5 Å². The highest BCUT2D eigenvalue weighted by atomic mass is 16.7. The number of primary amides is 1. The number of hydrogen-bond acceptors (Lipinski definition) is 6. The molecule has 1 unspecified atom stereocenters.